The fourth-order valence-electron chi connectivity index (χ4n) is 2.74. The second-order valence-electron chi connectivity index (χ2n) is 5.39. The van der Waals surface area contributed by atoms with E-state index in [1.54, 1.807) is 0 Å². The van der Waals surface area contributed by atoms with Crippen LogP contribution in [0, 0.1) is 5.92 Å². The molecule has 0 atom stereocenters. The molecule has 1 aliphatic heterocycles. The van der Waals surface area contributed by atoms with E-state index in [1.165, 1.54) is 0 Å². The van der Waals surface area contributed by atoms with E-state index in [2.05, 4.69) is 23.6 Å². The van der Waals surface area contributed by atoms with Crippen molar-refractivity contribution in [1.82, 2.24) is 9.80 Å². The lowest BCUT2D eigenvalue weighted by Crippen LogP contribution is -2.56. The van der Waals surface area contributed by atoms with E-state index in [9.17, 15) is 4.79 Å². The third-order valence-electron chi connectivity index (χ3n) is 4.11. The average Bonchev–Trinajstić information content (AvgIpc) is 2.15. The molecule has 1 amide bonds. The Balaban J connectivity index is 1.73. The van der Waals surface area contributed by atoms with Gasteiger partial charge in [-0.1, -0.05) is 0 Å². The Bertz CT molecular complexity index is 253. The van der Waals surface area contributed by atoms with Crippen molar-refractivity contribution in [2.24, 2.45) is 11.7 Å². The monoisotopic (exact) mass is 225 g/mol. The van der Waals surface area contributed by atoms with Gasteiger partial charge in [0.2, 0.25) is 5.91 Å². The summed E-state index contributed by atoms with van der Waals surface area (Å²) in [5.74, 6) is 0.0326. The number of amides is 1. The second kappa shape index (κ2) is 4.72. The molecule has 2 aliphatic rings. The molecule has 2 fully saturated rings. The van der Waals surface area contributed by atoms with Crippen LogP contribution in [0.25, 0.3) is 0 Å². The summed E-state index contributed by atoms with van der Waals surface area (Å²) in [5.41, 5.74) is 5.29. The van der Waals surface area contributed by atoms with Crippen molar-refractivity contribution in [3.05, 3.63) is 0 Å². The number of carbonyl (C=O) groups excluding carboxylic acids is 1. The Morgan fingerprint density at radius 2 is 1.75 bits per heavy atom. The van der Waals surface area contributed by atoms with Gasteiger partial charge in [0.15, 0.2) is 0 Å². The third kappa shape index (κ3) is 2.38. The minimum absolute atomic E-state index is 0.114. The number of hydrogen-bond donors (Lipinski definition) is 1. The van der Waals surface area contributed by atoms with E-state index < -0.39 is 0 Å². The molecule has 92 valence electrons. The van der Waals surface area contributed by atoms with Gasteiger partial charge in [0.05, 0.1) is 0 Å². The quantitative estimate of drug-likeness (QED) is 0.750. The van der Waals surface area contributed by atoms with E-state index in [-0.39, 0.29) is 11.8 Å². The van der Waals surface area contributed by atoms with Gasteiger partial charge in [0.25, 0.3) is 0 Å². The summed E-state index contributed by atoms with van der Waals surface area (Å²) >= 11 is 0. The molecule has 0 spiro atoms. The van der Waals surface area contributed by atoms with Crippen LogP contribution in [0.5, 0.6) is 0 Å². The molecule has 4 heteroatoms. The Kier molecular flexibility index (Phi) is 3.50. The summed E-state index contributed by atoms with van der Waals surface area (Å²) in [4.78, 5) is 16.0. The van der Waals surface area contributed by atoms with Gasteiger partial charge in [-0.3, -0.25) is 14.6 Å². The predicted octanol–water partition coefficient (Wildman–Crippen LogP) is 0.276. The Hall–Kier alpha value is -0.610. The van der Waals surface area contributed by atoms with Crippen molar-refractivity contribution in [2.45, 2.75) is 38.8 Å². The highest BCUT2D eigenvalue weighted by molar-refractivity contribution is 5.77. The van der Waals surface area contributed by atoms with Gasteiger partial charge in [0, 0.05) is 44.2 Å². The van der Waals surface area contributed by atoms with Crippen LogP contribution in [0.4, 0.5) is 0 Å². The minimum Gasteiger partial charge on any atom is -0.369 e. The van der Waals surface area contributed by atoms with Crippen molar-refractivity contribution >= 4 is 5.91 Å². The maximum atomic E-state index is 10.9. The molecule has 0 unspecified atom stereocenters. The molecular weight excluding hydrogens is 202 g/mol. The third-order valence-corrected chi connectivity index (χ3v) is 4.11. The minimum atomic E-state index is -0.114. The van der Waals surface area contributed by atoms with Crippen LogP contribution in [-0.2, 0) is 4.79 Å². The van der Waals surface area contributed by atoms with Gasteiger partial charge in [-0.25, -0.2) is 0 Å². The van der Waals surface area contributed by atoms with Crippen molar-refractivity contribution in [3.63, 3.8) is 0 Å². The molecule has 1 heterocycles. The van der Waals surface area contributed by atoms with Crippen LogP contribution in [0.15, 0.2) is 0 Å². The topological polar surface area (TPSA) is 49.6 Å². The number of carbonyl (C=O) groups is 1. The molecule has 0 aromatic carbocycles. The molecule has 0 radical (unpaired) electrons. The first-order valence-electron chi connectivity index (χ1n) is 6.35. The van der Waals surface area contributed by atoms with Gasteiger partial charge >= 0.3 is 0 Å². The highest BCUT2D eigenvalue weighted by Gasteiger charge is 2.37. The lowest BCUT2D eigenvalue weighted by molar-refractivity contribution is -0.126. The SMILES string of the molecule is CC(C)N1CCN(C2CC(C(N)=O)C2)CC1. The van der Waals surface area contributed by atoms with E-state index >= 15 is 0 Å². The van der Waals surface area contributed by atoms with Crippen molar-refractivity contribution in [1.29, 1.82) is 0 Å². The maximum absolute atomic E-state index is 10.9. The molecular formula is C12H23N3O. The molecule has 16 heavy (non-hydrogen) atoms. The van der Waals surface area contributed by atoms with E-state index in [0.717, 1.165) is 39.0 Å². The summed E-state index contributed by atoms with van der Waals surface area (Å²) in [7, 11) is 0. The average molecular weight is 225 g/mol. The lowest BCUT2D eigenvalue weighted by atomic mass is 9.78. The number of nitrogens with two attached hydrogens (primary N) is 1. The number of nitrogens with zero attached hydrogens (tertiary/aromatic N) is 2. The molecule has 0 aromatic heterocycles. The fourth-order valence-corrected chi connectivity index (χ4v) is 2.74. The molecule has 0 bridgehead atoms. The summed E-state index contributed by atoms with van der Waals surface area (Å²) in [6, 6.07) is 1.27. The Morgan fingerprint density at radius 1 is 1.19 bits per heavy atom. The van der Waals surface area contributed by atoms with Crippen LogP contribution in [0.3, 0.4) is 0 Å². The Labute approximate surface area is 97.8 Å². The molecule has 1 saturated heterocycles. The van der Waals surface area contributed by atoms with Crippen LogP contribution in [0.1, 0.15) is 26.7 Å². The summed E-state index contributed by atoms with van der Waals surface area (Å²) in [6.45, 7) is 9.12. The number of primary amides is 1. The fraction of sp³-hybridized carbons (Fsp3) is 0.917. The normalized spacial score (nSPS) is 32.7. The molecule has 1 aliphatic carbocycles. The first-order chi connectivity index (χ1) is 7.58. The number of hydrogen-bond acceptors (Lipinski definition) is 3. The largest absolute Gasteiger partial charge is 0.369 e. The predicted molar refractivity (Wildman–Crippen MR) is 64.0 cm³/mol. The van der Waals surface area contributed by atoms with Crippen LogP contribution >= 0.6 is 0 Å². The molecule has 1 saturated carbocycles. The van der Waals surface area contributed by atoms with Gasteiger partial charge in [0.1, 0.15) is 0 Å². The Morgan fingerprint density at radius 3 is 2.19 bits per heavy atom. The second-order valence-corrected chi connectivity index (χ2v) is 5.39. The number of piperazine rings is 1. The zero-order valence-corrected chi connectivity index (χ0v) is 10.4. The van der Waals surface area contributed by atoms with E-state index in [1.807, 2.05) is 0 Å². The molecule has 4 nitrogen and oxygen atoms in total. The zero-order chi connectivity index (χ0) is 11.7. The van der Waals surface area contributed by atoms with Crippen LogP contribution in [-0.4, -0.2) is 54.0 Å². The van der Waals surface area contributed by atoms with Gasteiger partial charge in [-0.05, 0) is 26.7 Å². The standard InChI is InChI=1S/C12H23N3O/c1-9(2)14-3-5-15(6-4-14)11-7-10(8-11)12(13)16/h9-11H,3-8H2,1-2H3,(H2,13,16). The van der Waals surface area contributed by atoms with Gasteiger partial charge in [-0.15, -0.1) is 0 Å². The summed E-state index contributed by atoms with van der Waals surface area (Å²) in [5, 5.41) is 0. The summed E-state index contributed by atoms with van der Waals surface area (Å²) < 4.78 is 0. The van der Waals surface area contributed by atoms with E-state index in [0.29, 0.717) is 12.1 Å². The lowest BCUT2D eigenvalue weighted by Gasteiger charge is -2.46. The first-order valence-corrected chi connectivity index (χ1v) is 6.35. The zero-order valence-electron chi connectivity index (χ0n) is 10.4. The van der Waals surface area contributed by atoms with Crippen LogP contribution < -0.4 is 5.73 Å². The van der Waals surface area contributed by atoms with Crippen LogP contribution in [0.2, 0.25) is 0 Å². The summed E-state index contributed by atoms with van der Waals surface area (Å²) in [6.07, 6.45) is 1.97. The molecule has 0 aromatic rings. The highest BCUT2D eigenvalue weighted by Crippen LogP contribution is 2.32. The van der Waals surface area contributed by atoms with Crippen molar-refractivity contribution < 1.29 is 4.79 Å². The molecule has 2 N–H and O–H groups in total. The smallest absolute Gasteiger partial charge is 0.220 e. The molecule has 2 rings (SSSR count). The first kappa shape index (κ1) is 11.9. The van der Waals surface area contributed by atoms with Gasteiger partial charge < -0.3 is 5.73 Å². The highest BCUT2D eigenvalue weighted by atomic mass is 16.1. The van der Waals surface area contributed by atoms with Crippen molar-refractivity contribution in [3.8, 4) is 0 Å². The number of rotatable bonds is 3. The van der Waals surface area contributed by atoms with Crippen molar-refractivity contribution in [2.75, 3.05) is 26.2 Å². The van der Waals surface area contributed by atoms with Gasteiger partial charge in [-0.2, -0.15) is 0 Å². The van der Waals surface area contributed by atoms with E-state index in [4.69, 9.17) is 5.73 Å². The maximum Gasteiger partial charge on any atom is 0.220 e.